The smallest absolute Gasteiger partial charge is 0.167 e. The van der Waals surface area contributed by atoms with Crippen LogP contribution in [0.15, 0.2) is 12.7 Å². The Bertz CT molecular complexity index is 499. The second-order valence-corrected chi connectivity index (χ2v) is 3.71. The molecule has 0 bridgehead atoms. The topological polar surface area (TPSA) is 99.1 Å². The zero-order valence-corrected chi connectivity index (χ0v) is 9.71. The number of fused-ring (bicyclic) bond motifs is 1. The van der Waals surface area contributed by atoms with Gasteiger partial charge in [-0.05, 0) is 0 Å². The molecule has 0 spiro atoms. The largest absolute Gasteiger partial charge is 0.394 e. The normalized spacial score (nSPS) is 13.1. The molecular weight excluding hydrogens is 246 g/mol. The van der Waals surface area contributed by atoms with Gasteiger partial charge in [0.1, 0.15) is 18.6 Å². The first kappa shape index (κ1) is 12.0. The lowest BCUT2D eigenvalue weighted by atomic mass is 10.4. The van der Waals surface area contributed by atoms with Crippen LogP contribution in [0.5, 0.6) is 0 Å². The fourth-order valence-electron chi connectivity index (χ4n) is 1.32. The molecule has 2 aromatic rings. The molecule has 0 radical (unpaired) electrons. The van der Waals surface area contributed by atoms with Gasteiger partial charge >= 0.3 is 0 Å². The van der Waals surface area contributed by atoms with E-state index in [9.17, 15) is 0 Å². The van der Waals surface area contributed by atoms with Gasteiger partial charge in [-0.3, -0.25) is 4.57 Å². The van der Waals surface area contributed by atoms with Crippen molar-refractivity contribution in [2.24, 2.45) is 0 Å². The van der Waals surface area contributed by atoms with Crippen molar-refractivity contribution in [2.75, 3.05) is 18.2 Å². The standard InChI is InChI=1S/C9H12ClN5O2/c10-1-6(2-16)17-5-15-4-14-7-8(11)12-3-13-9(7)15/h3-4,6,16H,1-2,5H2,(H2,11,12,13). The van der Waals surface area contributed by atoms with Crippen LogP contribution < -0.4 is 5.73 Å². The number of alkyl halides is 1. The van der Waals surface area contributed by atoms with Crippen LogP contribution in [-0.4, -0.2) is 43.2 Å². The summed E-state index contributed by atoms with van der Waals surface area (Å²) in [5.41, 5.74) is 6.77. The van der Waals surface area contributed by atoms with Gasteiger partial charge in [-0.25, -0.2) is 15.0 Å². The van der Waals surface area contributed by atoms with Crippen LogP contribution in [-0.2, 0) is 11.5 Å². The van der Waals surface area contributed by atoms with Crippen LogP contribution in [0.3, 0.4) is 0 Å². The highest BCUT2D eigenvalue weighted by molar-refractivity contribution is 6.18. The van der Waals surface area contributed by atoms with Gasteiger partial charge in [0.25, 0.3) is 0 Å². The molecule has 0 amide bonds. The van der Waals surface area contributed by atoms with Crippen LogP contribution in [0.1, 0.15) is 0 Å². The van der Waals surface area contributed by atoms with Gasteiger partial charge < -0.3 is 15.6 Å². The molecule has 0 aliphatic rings. The first-order valence-electron chi connectivity index (χ1n) is 4.96. The second-order valence-electron chi connectivity index (χ2n) is 3.40. The predicted octanol–water partition coefficient (Wildman–Crippen LogP) is -0.0177. The number of rotatable bonds is 5. The molecule has 17 heavy (non-hydrogen) atoms. The van der Waals surface area contributed by atoms with Crippen LogP contribution in [0.2, 0.25) is 0 Å². The molecule has 2 heterocycles. The van der Waals surface area contributed by atoms with Crippen LogP contribution in [0.4, 0.5) is 5.82 Å². The third-order valence-electron chi connectivity index (χ3n) is 2.25. The molecule has 2 rings (SSSR count). The molecule has 3 N–H and O–H groups in total. The summed E-state index contributed by atoms with van der Waals surface area (Å²) in [4.78, 5) is 12.0. The number of aromatic nitrogens is 4. The number of aliphatic hydroxyl groups is 1. The molecule has 7 nitrogen and oxygen atoms in total. The summed E-state index contributed by atoms with van der Waals surface area (Å²) in [6.45, 7) is 0.0676. The van der Waals surface area contributed by atoms with Gasteiger partial charge in [-0.1, -0.05) is 0 Å². The molecule has 1 atom stereocenters. The Labute approximate surface area is 102 Å². The zero-order valence-electron chi connectivity index (χ0n) is 8.95. The summed E-state index contributed by atoms with van der Waals surface area (Å²) in [5, 5.41) is 8.93. The highest BCUT2D eigenvalue weighted by atomic mass is 35.5. The van der Waals surface area contributed by atoms with Gasteiger partial charge in [-0.15, -0.1) is 11.6 Å². The van der Waals surface area contributed by atoms with E-state index in [0.717, 1.165) is 0 Å². The van der Waals surface area contributed by atoms with Crippen molar-refractivity contribution in [1.82, 2.24) is 19.5 Å². The Morgan fingerprint density at radius 1 is 1.47 bits per heavy atom. The quantitative estimate of drug-likeness (QED) is 0.731. The van der Waals surface area contributed by atoms with Crippen molar-refractivity contribution in [3.8, 4) is 0 Å². The fourth-order valence-corrected chi connectivity index (χ4v) is 1.51. The van der Waals surface area contributed by atoms with Crippen molar-refractivity contribution in [1.29, 1.82) is 0 Å². The van der Waals surface area contributed by atoms with Gasteiger partial charge in [0, 0.05) is 0 Å². The molecule has 0 aliphatic heterocycles. The average molecular weight is 258 g/mol. The predicted molar refractivity (Wildman–Crippen MR) is 62.4 cm³/mol. The summed E-state index contributed by atoms with van der Waals surface area (Å²) < 4.78 is 7.04. The van der Waals surface area contributed by atoms with E-state index >= 15 is 0 Å². The van der Waals surface area contributed by atoms with E-state index < -0.39 is 6.10 Å². The van der Waals surface area contributed by atoms with Crippen LogP contribution in [0, 0.1) is 0 Å². The molecule has 0 fully saturated rings. The van der Waals surface area contributed by atoms with E-state index in [1.807, 2.05) is 0 Å². The van der Waals surface area contributed by atoms with Gasteiger partial charge in [0.05, 0.1) is 24.9 Å². The highest BCUT2D eigenvalue weighted by Crippen LogP contribution is 2.14. The molecule has 0 saturated heterocycles. The second kappa shape index (κ2) is 5.26. The number of hydrogen-bond donors (Lipinski definition) is 2. The lowest BCUT2D eigenvalue weighted by Gasteiger charge is -2.12. The minimum atomic E-state index is -0.409. The number of hydrogen-bond acceptors (Lipinski definition) is 6. The molecule has 0 aliphatic carbocycles. The van der Waals surface area contributed by atoms with Gasteiger partial charge in [0.2, 0.25) is 0 Å². The molecular formula is C9H12ClN5O2. The summed E-state index contributed by atoms with van der Waals surface area (Å²) in [7, 11) is 0. The van der Waals surface area contributed by atoms with Crippen molar-refractivity contribution in [3.63, 3.8) is 0 Å². The van der Waals surface area contributed by atoms with Crippen LogP contribution in [0.25, 0.3) is 11.2 Å². The lowest BCUT2D eigenvalue weighted by molar-refractivity contribution is -0.00951. The van der Waals surface area contributed by atoms with Gasteiger partial charge in [0.15, 0.2) is 11.5 Å². The highest BCUT2D eigenvalue weighted by Gasteiger charge is 2.10. The lowest BCUT2D eigenvalue weighted by Crippen LogP contribution is -2.21. The average Bonchev–Trinajstić information content (AvgIpc) is 2.75. The van der Waals surface area contributed by atoms with E-state index in [1.54, 1.807) is 10.9 Å². The SMILES string of the molecule is Nc1ncnc2c1ncn2COC(CO)CCl. The summed E-state index contributed by atoms with van der Waals surface area (Å²) >= 11 is 5.60. The molecule has 92 valence electrons. The number of aliphatic hydroxyl groups excluding tert-OH is 1. The first-order valence-corrected chi connectivity index (χ1v) is 5.49. The molecule has 1 unspecified atom stereocenters. The Morgan fingerprint density at radius 3 is 3.00 bits per heavy atom. The fraction of sp³-hybridized carbons (Fsp3) is 0.444. The number of ether oxygens (including phenoxy) is 1. The Kier molecular flexibility index (Phi) is 3.72. The van der Waals surface area contributed by atoms with Crippen molar-refractivity contribution < 1.29 is 9.84 Å². The number of nitrogens with zero attached hydrogens (tertiary/aromatic N) is 4. The van der Waals surface area contributed by atoms with E-state index in [2.05, 4.69) is 15.0 Å². The van der Waals surface area contributed by atoms with Crippen LogP contribution >= 0.6 is 11.6 Å². The molecule has 2 aromatic heterocycles. The Balaban J connectivity index is 2.17. The molecule has 0 saturated carbocycles. The molecule has 8 heteroatoms. The number of nitrogens with two attached hydrogens (primary N) is 1. The van der Waals surface area contributed by atoms with Crippen molar-refractivity contribution in [2.45, 2.75) is 12.8 Å². The summed E-state index contributed by atoms with van der Waals surface area (Å²) in [6.07, 6.45) is 2.51. The Hall–Kier alpha value is -1.44. The minimum Gasteiger partial charge on any atom is -0.394 e. The monoisotopic (exact) mass is 257 g/mol. The van der Waals surface area contributed by atoms with E-state index in [1.165, 1.54) is 6.33 Å². The third kappa shape index (κ3) is 2.46. The number of imidazole rings is 1. The van der Waals surface area contributed by atoms with E-state index in [0.29, 0.717) is 17.0 Å². The maximum atomic E-state index is 8.93. The first-order chi connectivity index (χ1) is 8.26. The maximum absolute atomic E-state index is 8.93. The minimum absolute atomic E-state index is 0.132. The molecule has 0 aromatic carbocycles. The Morgan fingerprint density at radius 2 is 2.29 bits per heavy atom. The third-order valence-corrected chi connectivity index (χ3v) is 2.60. The number of nitrogen functional groups attached to an aromatic ring is 1. The van der Waals surface area contributed by atoms with Gasteiger partial charge in [-0.2, -0.15) is 0 Å². The zero-order chi connectivity index (χ0) is 12.3. The van der Waals surface area contributed by atoms with E-state index in [-0.39, 0.29) is 19.2 Å². The maximum Gasteiger partial charge on any atom is 0.167 e. The van der Waals surface area contributed by atoms with Crippen molar-refractivity contribution >= 4 is 28.6 Å². The van der Waals surface area contributed by atoms with E-state index in [4.69, 9.17) is 27.2 Å². The van der Waals surface area contributed by atoms with Crippen molar-refractivity contribution in [3.05, 3.63) is 12.7 Å². The number of halogens is 1. The number of anilines is 1. The summed E-state index contributed by atoms with van der Waals surface area (Å²) in [5.74, 6) is 0.546. The summed E-state index contributed by atoms with van der Waals surface area (Å²) in [6, 6.07) is 0.